The number of aromatic nitrogens is 2. The van der Waals surface area contributed by atoms with Crippen LogP contribution in [0.3, 0.4) is 0 Å². The van der Waals surface area contributed by atoms with Gasteiger partial charge in [0.25, 0.3) is 0 Å². The first-order chi connectivity index (χ1) is 15.0. The van der Waals surface area contributed by atoms with Crippen LogP contribution in [0.1, 0.15) is 12.8 Å². The Hall–Kier alpha value is -3.05. The van der Waals surface area contributed by atoms with Crippen LogP contribution < -0.4 is 4.31 Å². The number of amides is 1. The summed E-state index contributed by atoms with van der Waals surface area (Å²) in [6, 6.07) is 8.15. The van der Waals surface area contributed by atoms with E-state index in [1.165, 1.54) is 18.9 Å². The molecular formula is C20H19ClF2N4O4S. The van der Waals surface area contributed by atoms with E-state index in [0.29, 0.717) is 10.6 Å². The molecule has 0 unspecified atom stereocenters. The fraction of sp³-hybridized carbons (Fsp3) is 0.250. The first-order valence-electron chi connectivity index (χ1n) is 9.25. The molecule has 1 amide bonds. The van der Waals surface area contributed by atoms with Crippen LogP contribution in [0, 0.1) is 11.6 Å². The van der Waals surface area contributed by atoms with Gasteiger partial charge in [0.15, 0.2) is 11.6 Å². The quantitative estimate of drug-likeness (QED) is 0.509. The highest BCUT2D eigenvalue weighted by molar-refractivity contribution is 7.92. The van der Waals surface area contributed by atoms with Gasteiger partial charge in [-0.15, -0.1) is 0 Å². The van der Waals surface area contributed by atoms with E-state index in [9.17, 15) is 22.0 Å². The minimum atomic E-state index is -4.00. The number of carbonyl (C=O) groups excluding carboxylic acids is 1. The largest absolute Gasteiger partial charge is 0.337 e. The lowest BCUT2D eigenvalue weighted by atomic mass is 10.2. The van der Waals surface area contributed by atoms with Crippen LogP contribution >= 0.6 is 11.6 Å². The standard InChI is InChI=1S/C20H19ClF2N4O4S/c1-12(27(32(3,29)30)15-7-8-16(22)17(23)10-15)20(28)26(2)11-18-24-19(25-31-18)13-5-4-6-14(21)9-13/h4-10,12H,11H2,1-3H3/t12-/m0/s1. The van der Waals surface area contributed by atoms with E-state index in [2.05, 4.69) is 10.1 Å². The maximum absolute atomic E-state index is 13.7. The van der Waals surface area contributed by atoms with E-state index in [1.54, 1.807) is 24.3 Å². The number of hydrogen-bond donors (Lipinski definition) is 0. The third kappa shape index (κ3) is 5.22. The number of nitrogens with zero attached hydrogens (tertiary/aromatic N) is 4. The number of benzene rings is 2. The van der Waals surface area contributed by atoms with E-state index in [4.69, 9.17) is 16.1 Å². The number of sulfonamides is 1. The van der Waals surface area contributed by atoms with Gasteiger partial charge >= 0.3 is 0 Å². The molecule has 0 aliphatic heterocycles. The highest BCUT2D eigenvalue weighted by Gasteiger charge is 2.32. The van der Waals surface area contributed by atoms with Gasteiger partial charge in [0.05, 0.1) is 18.5 Å². The smallest absolute Gasteiger partial charge is 0.246 e. The van der Waals surface area contributed by atoms with Crippen molar-refractivity contribution in [2.45, 2.75) is 19.5 Å². The molecule has 1 heterocycles. The number of halogens is 3. The van der Waals surface area contributed by atoms with Crippen LogP contribution in [0.2, 0.25) is 5.02 Å². The van der Waals surface area contributed by atoms with Gasteiger partial charge < -0.3 is 9.42 Å². The second-order valence-corrected chi connectivity index (χ2v) is 9.35. The normalized spacial score (nSPS) is 12.4. The molecular weight excluding hydrogens is 466 g/mol. The highest BCUT2D eigenvalue weighted by atomic mass is 35.5. The molecule has 0 N–H and O–H groups in total. The zero-order valence-electron chi connectivity index (χ0n) is 17.3. The summed E-state index contributed by atoms with van der Waals surface area (Å²) in [7, 11) is -2.58. The summed E-state index contributed by atoms with van der Waals surface area (Å²) in [6.45, 7) is 1.23. The van der Waals surface area contributed by atoms with Crippen LogP contribution in [0.5, 0.6) is 0 Å². The van der Waals surface area contributed by atoms with Crippen LogP contribution in [0.15, 0.2) is 47.0 Å². The summed E-state index contributed by atoms with van der Waals surface area (Å²) in [5, 5.41) is 4.35. The summed E-state index contributed by atoms with van der Waals surface area (Å²) in [6.07, 6.45) is 0.868. The van der Waals surface area contributed by atoms with Gasteiger partial charge in [-0.1, -0.05) is 28.9 Å². The molecule has 2 aromatic carbocycles. The summed E-state index contributed by atoms with van der Waals surface area (Å²) in [5.41, 5.74) is 0.443. The van der Waals surface area contributed by atoms with Crippen LogP contribution in [-0.2, 0) is 21.4 Å². The minimum Gasteiger partial charge on any atom is -0.337 e. The molecule has 0 fully saturated rings. The average Bonchev–Trinajstić information content (AvgIpc) is 3.17. The topological polar surface area (TPSA) is 96.6 Å². The lowest BCUT2D eigenvalue weighted by molar-refractivity contribution is -0.131. The minimum absolute atomic E-state index is 0.105. The van der Waals surface area contributed by atoms with E-state index in [0.717, 1.165) is 28.8 Å². The molecule has 3 aromatic rings. The molecule has 0 aliphatic carbocycles. The lowest BCUT2D eigenvalue weighted by Crippen LogP contribution is -2.48. The Morgan fingerprint density at radius 2 is 1.91 bits per heavy atom. The zero-order chi connectivity index (χ0) is 23.6. The molecule has 0 spiro atoms. The predicted octanol–water partition coefficient (Wildman–Crippen LogP) is 3.48. The number of hydrogen-bond acceptors (Lipinski definition) is 6. The molecule has 12 heteroatoms. The molecule has 3 rings (SSSR count). The van der Waals surface area contributed by atoms with Crippen molar-refractivity contribution in [3.05, 3.63) is 65.0 Å². The molecule has 1 aromatic heterocycles. The van der Waals surface area contributed by atoms with Crippen molar-refractivity contribution in [3.63, 3.8) is 0 Å². The maximum atomic E-state index is 13.7. The Kier molecular flexibility index (Phi) is 6.79. The summed E-state index contributed by atoms with van der Waals surface area (Å²) in [4.78, 5) is 18.3. The molecule has 170 valence electrons. The van der Waals surface area contributed by atoms with Gasteiger partial charge in [-0.2, -0.15) is 4.98 Å². The highest BCUT2D eigenvalue weighted by Crippen LogP contribution is 2.24. The van der Waals surface area contributed by atoms with E-state index >= 15 is 0 Å². The summed E-state index contributed by atoms with van der Waals surface area (Å²) in [5.74, 6) is -2.60. The van der Waals surface area contributed by atoms with Gasteiger partial charge in [-0.3, -0.25) is 9.10 Å². The molecule has 0 radical (unpaired) electrons. The van der Waals surface area contributed by atoms with E-state index in [-0.39, 0.29) is 23.9 Å². The van der Waals surface area contributed by atoms with Crippen molar-refractivity contribution < 1.29 is 26.5 Å². The molecule has 1 atom stereocenters. The Balaban J connectivity index is 1.80. The van der Waals surface area contributed by atoms with Crippen LogP contribution in [-0.4, -0.2) is 48.7 Å². The van der Waals surface area contributed by atoms with Gasteiger partial charge in [0, 0.05) is 23.7 Å². The zero-order valence-corrected chi connectivity index (χ0v) is 18.9. The van der Waals surface area contributed by atoms with Crippen molar-refractivity contribution in [1.29, 1.82) is 0 Å². The van der Waals surface area contributed by atoms with Gasteiger partial charge in [-0.25, -0.2) is 17.2 Å². The van der Waals surface area contributed by atoms with E-state index < -0.39 is 33.6 Å². The van der Waals surface area contributed by atoms with Crippen molar-refractivity contribution in [3.8, 4) is 11.4 Å². The second-order valence-electron chi connectivity index (χ2n) is 7.05. The SMILES string of the molecule is C[C@@H](C(=O)N(C)Cc1nc(-c2cccc(Cl)c2)no1)N(c1ccc(F)c(F)c1)S(C)(=O)=O. The average molecular weight is 485 g/mol. The molecule has 8 nitrogen and oxygen atoms in total. The Morgan fingerprint density at radius 1 is 1.19 bits per heavy atom. The van der Waals surface area contributed by atoms with Crippen molar-refractivity contribution >= 4 is 33.2 Å². The van der Waals surface area contributed by atoms with Gasteiger partial charge in [-0.05, 0) is 31.2 Å². The first kappa shape index (κ1) is 23.6. The fourth-order valence-electron chi connectivity index (χ4n) is 3.09. The molecule has 0 aliphatic rings. The van der Waals surface area contributed by atoms with Gasteiger partial charge in [0.1, 0.15) is 6.04 Å². The summed E-state index contributed by atoms with van der Waals surface area (Å²) < 4.78 is 57.5. The number of rotatable bonds is 7. The Morgan fingerprint density at radius 3 is 2.53 bits per heavy atom. The monoisotopic (exact) mass is 484 g/mol. The first-order valence-corrected chi connectivity index (χ1v) is 11.5. The fourth-order valence-corrected chi connectivity index (χ4v) is 4.44. The molecule has 0 bridgehead atoms. The van der Waals surface area contributed by atoms with E-state index in [1.807, 2.05) is 0 Å². The molecule has 32 heavy (non-hydrogen) atoms. The number of carbonyl (C=O) groups is 1. The Labute approximate surface area is 188 Å². The van der Waals surface area contributed by atoms with Crippen molar-refractivity contribution in [1.82, 2.24) is 15.0 Å². The maximum Gasteiger partial charge on any atom is 0.246 e. The van der Waals surface area contributed by atoms with Crippen molar-refractivity contribution in [2.24, 2.45) is 0 Å². The number of likely N-dealkylation sites (N-methyl/N-ethyl adjacent to an activating group) is 1. The predicted molar refractivity (Wildman–Crippen MR) is 114 cm³/mol. The Bertz CT molecular complexity index is 1250. The van der Waals surface area contributed by atoms with Gasteiger partial charge in [0.2, 0.25) is 27.6 Å². The third-order valence-electron chi connectivity index (χ3n) is 4.52. The lowest BCUT2D eigenvalue weighted by Gasteiger charge is -2.30. The second kappa shape index (κ2) is 9.21. The molecule has 0 saturated carbocycles. The van der Waals surface area contributed by atoms with Crippen LogP contribution in [0.4, 0.5) is 14.5 Å². The summed E-state index contributed by atoms with van der Waals surface area (Å²) >= 11 is 5.96. The van der Waals surface area contributed by atoms with Crippen molar-refractivity contribution in [2.75, 3.05) is 17.6 Å². The molecule has 0 saturated heterocycles. The van der Waals surface area contributed by atoms with Crippen LogP contribution in [0.25, 0.3) is 11.4 Å². The number of anilines is 1. The third-order valence-corrected chi connectivity index (χ3v) is 6.00.